The molecule has 1 amide bonds. The number of rotatable bonds is 2. The molecular weight excluding hydrogens is 252 g/mol. The summed E-state index contributed by atoms with van der Waals surface area (Å²) in [4.78, 5) is 11.9. The molecule has 0 aliphatic carbocycles. The van der Waals surface area contributed by atoms with Gasteiger partial charge in [-0.05, 0) is 30.7 Å². The van der Waals surface area contributed by atoms with Gasteiger partial charge in [-0.1, -0.05) is 11.6 Å². The maximum absolute atomic E-state index is 11.9. The monoisotopic (exact) mass is 260 g/mol. The van der Waals surface area contributed by atoms with E-state index in [1.165, 1.54) is 6.20 Å². The Kier molecular flexibility index (Phi) is 3.31. The highest BCUT2D eigenvalue weighted by atomic mass is 35.5. The van der Waals surface area contributed by atoms with Gasteiger partial charge in [-0.3, -0.25) is 9.89 Å². The number of aromatic amines is 1. The van der Waals surface area contributed by atoms with E-state index in [9.17, 15) is 4.79 Å². The fourth-order valence-corrected chi connectivity index (χ4v) is 1.56. The number of hydrogen-bond acceptors (Lipinski definition) is 3. The molecule has 2 N–H and O–H groups in total. The van der Waals surface area contributed by atoms with Crippen molar-refractivity contribution in [3.63, 3.8) is 0 Å². The van der Waals surface area contributed by atoms with Crippen LogP contribution in [0.5, 0.6) is 0 Å². The molecule has 0 bridgehead atoms. The van der Waals surface area contributed by atoms with Gasteiger partial charge in [0.25, 0.3) is 5.91 Å². The maximum atomic E-state index is 11.9. The maximum Gasteiger partial charge on any atom is 0.256 e. The number of H-pyrrole nitrogens is 1. The van der Waals surface area contributed by atoms with Gasteiger partial charge in [0, 0.05) is 10.6 Å². The number of benzene rings is 1. The molecule has 0 radical (unpaired) electrons. The predicted octanol–water partition coefficient (Wildman–Crippen LogP) is 2.50. The van der Waals surface area contributed by atoms with Crippen molar-refractivity contribution in [2.75, 3.05) is 5.32 Å². The lowest BCUT2D eigenvalue weighted by Crippen LogP contribution is -2.13. The molecule has 0 saturated carbocycles. The number of nitriles is 1. The molecule has 18 heavy (non-hydrogen) atoms. The summed E-state index contributed by atoms with van der Waals surface area (Å²) >= 11 is 5.88. The summed E-state index contributed by atoms with van der Waals surface area (Å²) in [5.41, 5.74) is 1.57. The van der Waals surface area contributed by atoms with Gasteiger partial charge < -0.3 is 5.32 Å². The average Bonchev–Trinajstić information content (AvgIpc) is 2.79. The van der Waals surface area contributed by atoms with E-state index < -0.39 is 0 Å². The third-order valence-corrected chi connectivity index (χ3v) is 2.84. The minimum Gasteiger partial charge on any atom is -0.306 e. The quantitative estimate of drug-likeness (QED) is 0.870. The first-order valence-electron chi connectivity index (χ1n) is 5.13. The number of aryl methyl sites for hydroxylation is 1. The fraction of sp³-hybridized carbons (Fsp3) is 0.0833. The lowest BCUT2D eigenvalue weighted by molar-refractivity contribution is 0.102. The second-order valence-electron chi connectivity index (χ2n) is 3.69. The van der Waals surface area contributed by atoms with E-state index >= 15 is 0 Å². The zero-order valence-electron chi connectivity index (χ0n) is 9.49. The number of nitrogens with one attached hydrogen (secondary N) is 2. The van der Waals surface area contributed by atoms with Crippen molar-refractivity contribution in [2.45, 2.75) is 6.92 Å². The van der Waals surface area contributed by atoms with Gasteiger partial charge in [-0.15, -0.1) is 0 Å². The van der Waals surface area contributed by atoms with Crippen LogP contribution in [0.3, 0.4) is 0 Å². The Labute approximate surface area is 108 Å². The number of carbonyl (C=O) groups excluding carboxylic acids is 1. The third-order valence-electron chi connectivity index (χ3n) is 2.42. The Morgan fingerprint density at radius 1 is 1.56 bits per heavy atom. The van der Waals surface area contributed by atoms with E-state index in [0.717, 1.165) is 5.56 Å². The van der Waals surface area contributed by atoms with Crippen LogP contribution in [-0.2, 0) is 0 Å². The Morgan fingerprint density at radius 2 is 2.33 bits per heavy atom. The van der Waals surface area contributed by atoms with Crippen molar-refractivity contribution in [1.82, 2.24) is 10.2 Å². The van der Waals surface area contributed by atoms with Crippen molar-refractivity contribution in [3.05, 3.63) is 46.1 Å². The van der Waals surface area contributed by atoms with E-state index in [2.05, 4.69) is 15.5 Å². The SMILES string of the molecule is Cc1cc(C(=O)Nc2[nH]ncc2C#N)ccc1Cl. The van der Waals surface area contributed by atoms with Crippen molar-refractivity contribution in [3.8, 4) is 6.07 Å². The first-order chi connectivity index (χ1) is 8.61. The van der Waals surface area contributed by atoms with E-state index in [0.29, 0.717) is 10.6 Å². The lowest BCUT2D eigenvalue weighted by Gasteiger charge is -2.05. The van der Waals surface area contributed by atoms with Crippen molar-refractivity contribution < 1.29 is 4.79 Å². The first-order valence-corrected chi connectivity index (χ1v) is 5.50. The molecular formula is C12H9ClN4O. The Balaban J connectivity index is 2.23. The number of anilines is 1. The van der Waals surface area contributed by atoms with Crippen molar-refractivity contribution in [2.24, 2.45) is 0 Å². The summed E-state index contributed by atoms with van der Waals surface area (Å²) in [6, 6.07) is 6.88. The van der Waals surface area contributed by atoms with E-state index in [1.54, 1.807) is 18.2 Å². The molecule has 1 aromatic carbocycles. The molecule has 0 fully saturated rings. The van der Waals surface area contributed by atoms with Crippen LogP contribution in [-0.4, -0.2) is 16.1 Å². The second kappa shape index (κ2) is 4.90. The Morgan fingerprint density at radius 3 is 3.00 bits per heavy atom. The van der Waals surface area contributed by atoms with Crippen LogP contribution in [0.4, 0.5) is 5.82 Å². The molecule has 6 heteroatoms. The van der Waals surface area contributed by atoms with Crippen LogP contribution in [0, 0.1) is 18.3 Å². The topological polar surface area (TPSA) is 81.6 Å². The van der Waals surface area contributed by atoms with Gasteiger partial charge in [0.2, 0.25) is 0 Å². The van der Waals surface area contributed by atoms with E-state index in [1.807, 2.05) is 13.0 Å². The van der Waals surface area contributed by atoms with Crippen LogP contribution in [0.2, 0.25) is 5.02 Å². The highest BCUT2D eigenvalue weighted by Gasteiger charge is 2.11. The fourth-order valence-electron chi connectivity index (χ4n) is 1.44. The average molecular weight is 261 g/mol. The Hall–Kier alpha value is -2.32. The predicted molar refractivity (Wildman–Crippen MR) is 67.4 cm³/mol. The zero-order chi connectivity index (χ0) is 13.1. The summed E-state index contributed by atoms with van der Waals surface area (Å²) < 4.78 is 0. The molecule has 2 aromatic rings. The Bertz CT molecular complexity index is 642. The zero-order valence-corrected chi connectivity index (χ0v) is 10.2. The largest absolute Gasteiger partial charge is 0.306 e. The van der Waals surface area contributed by atoms with Gasteiger partial charge in [0.1, 0.15) is 17.5 Å². The summed E-state index contributed by atoms with van der Waals surface area (Å²) in [5.74, 6) is -0.0365. The van der Waals surface area contributed by atoms with E-state index in [-0.39, 0.29) is 17.3 Å². The smallest absolute Gasteiger partial charge is 0.256 e. The third kappa shape index (κ3) is 2.34. The number of amides is 1. The second-order valence-corrected chi connectivity index (χ2v) is 4.10. The number of nitrogens with zero attached hydrogens (tertiary/aromatic N) is 2. The number of halogens is 1. The lowest BCUT2D eigenvalue weighted by atomic mass is 10.1. The highest BCUT2D eigenvalue weighted by molar-refractivity contribution is 6.31. The molecule has 0 atom stereocenters. The minimum absolute atomic E-state index is 0.286. The normalized spacial score (nSPS) is 9.83. The summed E-state index contributed by atoms with van der Waals surface area (Å²) in [6.07, 6.45) is 1.35. The van der Waals surface area contributed by atoms with Crippen LogP contribution in [0.15, 0.2) is 24.4 Å². The summed E-state index contributed by atoms with van der Waals surface area (Å²) in [7, 11) is 0. The molecule has 0 unspecified atom stereocenters. The minimum atomic E-state index is -0.324. The number of hydrogen-bond donors (Lipinski definition) is 2. The van der Waals surface area contributed by atoms with Gasteiger partial charge in [0.15, 0.2) is 0 Å². The van der Waals surface area contributed by atoms with Crippen LogP contribution in [0.25, 0.3) is 0 Å². The van der Waals surface area contributed by atoms with Crippen LogP contribution in [0.1, 0.15) is 21.5 Å². The number of carbonyl (C=O) groups is 1. The number of aromatic nitrogens is 2. The molecule has 1 aromatic heterocycles. The van der Waals surface area contributed by atoms with Gasteiger partial charge in [0.05, 0.1) is 6.20 Å². The van der Waals surface area contributed by atoms with Crippen LogP contribution < -0.4 is 5.32 Å². The molecule has 90 valence electrons. The van der Waals surface area contributed by atoms with Gasteiger partial charge in [-0.2, -0.15) is 10.4 Å². The molecule has 1 heterocycles. The van der Waals surface area contributed by atoms with E-state index in [4.69, 9.17) is 16.9 Å². The molecule has 0 saturated heterocycles. The van der Waals surface area contributed by atoms with Crippen molar-refractivity contribution >= 4 is 23.3 Å². The molecule has 2 rings (SSSR count). The van der Waals surface area contributed by atoms with Crippen molar-refractivity contribution in [1.29, 1.82) is 5.26 Å². The summed E-state index contributed by atoms with van der Waals surface area (Å²) in [6.45, 7) is 1.82. The molecule has 0 spiro atoms. The van der Waals surface area contributed by atoms with Gasteiger partial charge >= 0.3 is 0 Å². The molecule has 0 aliphatic heterocycles. The standard InChI is InChI=1S/C12H9ClN4O/c1-7-4-8(2-3-10(7)13)12(18)16-11-9(5-14)6-15-17-11/h2-4,6H,1H3,(H2,15,16,17,18). The van der Waals surface area contributed by atoms with Crippen LogP contribution >= 0.6 is 11.6 Å². The van der Waals surface area contributed by atoms with Gasteiger partial charge in [-0.25, -0.2) is 0 Å². The first kappa shape index (κ1) is 12.1. The molecule has 5 nitrogen and oxygen atoms in total. The highest BCUT2D eigenvalue weighted by Crippen LogP contribution is 2.17. The molecule has 0 aliphatic rings. The summed E-state index contributed by atoms with van der Waals surface area (Å²) in [5, 5.41) is 18.2.